The van der Waals surface area contributed by atoms with Crippen molar-refractivity contribution in [2.75, 3.05) is 19.6 Å². The highest BCUT2D eigenvalue weighted by molar-refractivity contribution is 5.26. The third-order valence-electron chi connectivity index (χ3n) is 3.53. The van der Waals surface area contributed by atoms with Crippen LogP contribution >= 0.6 is 0 Å². The maximum absolute atomic E-state index is 9.33. The van der Waals surface area contributed by atoms with Crippen molar-refractivity contribution in [1.82, 2.24) is 4.90 Å². The molecule has 1 fully saturated rings. The number of hydrogen-bond donors (Lipinski definition) is 0. The molecule has 0 N–H and O–H groups in total. The highest BCUT2D eigenvalue weighted by Gasteiger charge is 2.29. The number of hydrogen-bond acceptors (Lipinski definition) is 2. The molecule has 0 spiro atoms. The Labute approximate surface area is 97.5 Å². The van der Waals surface area contributed by atoms with Crippen LogP contribution in [0.4, 0.5) is 0 Å². The number of rotatable bonds is 3. The Morgan fingerprint density at radius 3 is 2.75 bits per heavy atom. The van der Waals surface area contributed by atoms with Crippen molar-refractivity contribution in [2.45, 2.75) is 19.3 Å². The van der Waals surface area contributed by atoms with E-state index in [1.165, 1.54) is 5.56 Å². The lowest BCUT2D eigenvalue weighted by Gasteiger charge is -2.18. The lowest BCUT2D eigenvalue weighted by atomic mass is 9.86. The molecule has 0 aromatic heterocycles. The number of likely N-dealkylation sites (tertiary alicyclic amines) is 1. The first-order chi connectivity index (χ1) is 7.85. The van der Waals surface area contributed by atoms with E-state index < -0.39 is 0 Å². The zero-order valence-electron chi connectivity index (χ0n) is 9.76. The van der Waals surface area contributed by atoms with E-state index in [1.54, 1.807) is 0 Å². The van der Waals surface area contributed by atoms with Gasteiger partial charge in [-0.1, -0.05) is 37.3 Å². The predicted octanol–water partition coefficient (Wildman–Crippen LogP) is 2.64. The van der Waals surface area contributed by atoms with E-state index in [4.69, 9.17) is 0 Å². The molecule has 0 unspecified atom stereocenters. The third kappa shape index (κ3) is 2.25. The fourth-order valence-electron chi connectivity index (χ4n) is 2.53. The van der Waals surface area contributed by atoms with Crippen molar-refractivity contribution in [3.05, 3.63) is 35.9 Å². The van der Waals surface area contributed by atoms with Gasteiger partial charge in [0.15, 0.2) is 0 Å². The molecule has 2 nitrogen and oxygen atoms in total. The zero-order valence-corrected chi connectivity index (χ0v) is 9.76. The summed E-state index contributed by atoms with van der Waals surface area (Å²) in [6.07, 6.45) is 1.15. The summed E-state index contributed by atoms with van der Waals surface area (Å²) in [5.74, 6) is 0.574. The van der Waals surface area contributed by atoms with Gasteiger partial charge in [-0.05, 0) is 31.0 Å². The average molecular weight is 214 g/mol. The number of nitrogens with zero attached hydrogens (tertiary/aromatic N) is 2. The van der Waals surface area contributed by atoms with Crippen molar-refractivity contribution in [3.8, 4) is 6.07 Å². The van der Waals surface area contributed by atoms with Crippen LogP contribution in [0.2, 0.25) is 0 Å². The third-order valence-corrected chi connectivity index (χ3v) is 3.53. The zero-order chi connectivity index (χ0) is 11.4. The monoisotopic (exact) mass is 214 g/mol. The second kappa shape index (κ2) is 5.14. The van der Waals surface area contributed by atoms with Gasteiger partial charge in [-0.2, -0.15) is 5.26 Å². The maximum Gasteiger partial charge on any atom is 0.0753 e. The van der Waals surface area contributed by atoms with E-state index in [0.29, 0.717) is 5.92 Å². The largest absolute Gasteiger partial charge is 0.303 e. The summed E-state index contributed by atoms with van der Waals surface area (Å²) in [6, 6.07) is 12.7. The lowest BCUT2D eigenvalue weighted by molar-refractivity contribution is 0.337. The fourth-order valence-corrected chi connectivity index (χ4v) is 2.53. The molecule has 0 radical (unpaired) electrons. The topological polar surface area (TPSA) is 27.0 Å². The quantitative estimate of drug-likeness (QED) is 0.773. The standard InChI is InChI=1S/C14H18N2/c1-2-16-9-8-13(11-16)14(10-15)12-6-4-3-5-7-12/h3-7,13-14H,2,8-9,11H2,1H3/t13-,14+/m0/s1. The van der Waals surface area contributed by atoms with Crippen LogP contribution in [0.3, 0.4) is 0 Å². The Morgan fingerprint density at radius 2 is 2.19 bits per heavy atom. The van der Waals surface area contributed by atoms with Gasteiger partial charge in [-0.15, -0.1) is 0 Å². The fraction of sp³-hybridized carbons (Fsp3) is 0.500. The number of nitriles is 1. The highest BCUT2D eigenvalue weighted by atomic mass is 15.1. The Bertz CT molecular complexity index is 366. The van der Waals surface area contributed by atoms with Gasteiger partial charge in [0.1, 0.15) is 0 Å². The molecule has 0 saturated carbocycles. The smallest absolute Gasteiger partial charge is 0.0753 e. The van der Waals surface area contributed by atoms with Gasteiger partial charge in [0.2, 0.25) is 0 Å². The van der Waals surface area contributed by atoms with E-state index in [1.807, 2.05) is 18.2 Å². The van der Waals surface area contributed by atoms with Crippen LogP contribution in [0.15, 0.2) is 30.3 Å². The van der Waals surface area contributed by atoms with E-state index in [-0.39, 0.29) is 5.92 Å². The van der Waals surface area contributed by atoms with Crippen LogP contribution in [0, 0.1) is 17.2 Å². The molecule has 1 aromatic rings. The Kier molecular flexibility index (Phi) is 3.58. The molecule has 0 amide bonds. The first kappa shape index (κ1) is 11.2. The number of benzene rings is 1. The minimum absolute atomic E-state index is 0.0674. The van der Waals surface area contributed by atoms with E-state index in [2.05, 4.69) is 30.0 Å². The Hall–Kier alpha value is -1.33. The molecule has 1 saturated heterocycles. The molecule has 16 heavy (non-hydrogen) atoms. The molecule has 84 valence electrons. The molecule has 0 bridgehead atoms. The van der Waals surface area contributed by atoms with Crippen molar-refractivity contribution in [3.63, 3.8) is 0 Å². The second-order valence-corrected chi connectivity index (χ2v) is 4.46. The summed E-state index contributed by atoms with van der Waals surface area (Å²) in [5.41, 5.74) is 1.17. The average Bonchev–Trinajstić information content (AvgIpc) is 2.80. The SMILES string of the molecule is CCN1CC[C@H]([C@H](C#N)c2ccccc2)C1. The molecule has 2 rings (SSSR count). The molecule has 1 aliphatic heterocycles. The van der Waals surface area contributed by atoms with Crippen molar-refractivity contribution < 1.29 is 0 Å². The minimum Gasteiger partial charge on any atom is -0.303 e. The van der Waals surface area contributed by atoms with Gasteiger partial charge in [0, 0.05) is 6.54 Å². The van der Waals surface area contributed by atoms with Crippen LogP contribution in [0.25, 0.3) is 0 Å². The summed E-state index contributed by atoms with van der Waals surface area (Å²) < 4.78 is 0. The second-order valence-electron chi connectivity index (χ2n) is 4.46. The summed E-state index contributed by atoms with van der Waals surface area (Å²) >= 11 is 0. The van der Waals surface area contributed by atoms with E-state index >= 15 is 0 Å². The van der Waals surface area contributed by atoms with Crippen LogP contribution in [0.1, 0.15) is 24.8 Å². The van der Waals surface area contributed by atoms with Gasteiger partial charge < -0.3 is 4.90 Å². The molecule has 2 atom stereocenters. The minimum atomic E-state index is 0.0674. The Morgan fingerprint density at radius 1 is 1.44 bits per heavy atom. The van der Waals surface area contributed by atoms with Crippen molar-refractivity contribution in [2.24, 2.45) is 5.92 Å². The predicted molar refractivity (Wildman–Crippen MR) is 65.0 cm³/mol. The molecule has 1 heterocycles. The molecule has 2 heteroatoms. The van der Waals surface area contributed by atoms with Crippen LogP contribution in [-0.4, -0.2) is 24.5 Å². The molecule has 1 aliphatic rings. The van der Waals surface area contributed by atoms with Gasteiger partial charge in [-0.25, -0.2) is 0 Å². The van der Waals surface area contributed by atoms with Gasteiger partial charge in [-0.3, -0.25) is 0 Å². The molecule has 1 aromatic carbocycles. The first-order valence-electron chi connectivity index (χ1n) is 6.02. The summed E-state index contributed by atoms with van der Waals surface area (Å²) in [6.45, 7) is 5.51. The molecule has 0 aliphatic carbocycles. The van der Waals surface area contributed by atoms with Crippen LogP contribution in [0.5, 0.6) is 0 Å². The van der Waals surface area contributed by atoms with Gasteiger partial charge >= 0.3 is 0 Å². The van der Waals surface area contributed by atoms with Crippen molar-refractivity contribution >= 4 is 0 Å². The summed E-state index contributed by atoms with van der Waals surface area (Å²) in [5, 5.41) is 9.33. The molecular weight excluding hydrogens is 196 g/mol. The first-order valence-corrected chi connectivity index (χ1v) is 6.02. The summed E-state index contributed by atoms with van der Waals surface area (Å²) in [7, 11) is 0. The molecular formula is C14H18N2. The van der Waals surface area contributed by atoms with Gasteiger partial charge in [0.25, 0.3) is 0 Å². The van der Waals surface area contributed by atoms with E-state index in [0.717, 1.165) is 26.1 Å². The van der Waals surface area contributed by atoms with Crippen LogP contribution < -0.4 is 0 Å². The normalized spacial score (nSPS) is 22.9. The maximum atomic E-state index is 9.33. The van der Waals surface area contributed by atoms with E-state index in [9.17, 15) is 5.26 Å². The Balaban J connectivity index is 2.10. The summed E-state index contributed by atoms with van der Waals surface area (Å²) in [4.78, 5) is 2.43. The van der Waals surface area contributed by atoms with Gasteiger partial charge in [0.05, 0.1) is 12.0 Å². The van der Waals surface area contributed by atoms with Crippen LogP contribution in [-0.2, 0) is 0 Å². The van der Waals surface area contributed by atoms with Crippen molar-refractivity contribution in [1.29, 1.82) is 5.26 Å². The highest BCUT2D eigenvalue weighted by Crippen LogP contribution is 2.31. The lowest BCUT2D eigenvalue weighted by Crippen LogP contribution is -2.21.